The molecule has 1 heterocycles. The maximum absolute atomic E-state index is 12.3. The van der Waals surface area contributed by atoms with E-state index in [2.05, 4.69) is 9.71 Å². The summed E-state index contributed by atoms with van der Waals surface area (Å²) in [5.41, 5.74) is 0.556. The fourth-order valence-corrected chi connectivity index (χ4v) is 3.45. The molecular formula is C14H18N2O3S. The lowest BCUT2D eigenvalue weighted by Crippen LogP contribution is -2.30. The third-order valence-electron chi connectivity index (χ3n) is 2.67. The van der Waals surface area contributed by atoms with Crippen LogP contribution in [0, 0.1) is 0 Å². The zero-order valence-corrected chi connectivity index (χ0v) is 12.6. The van der Waals surface area contributed by atoms with Crippen molar-refractivity contribution < 1.29 is 13.2 Å². The summed E-state index contributed by atoms with van der Waals surface area (Å²) in [6, 6.07) is 6.48. The molecule has 0 aliphatic heterocycles. The van der Waals surface area contributed by atoms with E-state index < -0.39 is 10.0 Å². The van der Waals surface area contributed by atoms with E-state index in [0.29, 0.717) is 23.3 Å². The normalized spacial score (nSPS) is 12.0. The predicted molar refractivity (Wildman–Crippen MR) is 78.4 cm³/mol. The van der Waals surface area contributed by atoms with Crippen molar-refractivity contribution in [3.05, 3.63) is 30.5 Å². The van der Waals surface area contributed by atoms with Gasteiger partial charge in [0, 0.05) is 17.6 Å². The van der Waals surface area contributed by atoms with E-state index in [1.54, 1.807) is 44.3 Å². The highest BCUT2D eigenvalue weighted by molar-refractivity contribution is 7.89. The fourth-order valence-electron chi connectivity index (χ4n) is 2.00. The largest absolute Gasteiger partial charge is 0.492 e. The summed E-state index contributed by atoms with van der Waals surface area (Å²) in [6.45, 7) is 5.95. The molecule has 0 saturated carbocycles. The van der Waals surface area contributed by atoms with Crippen LogP contribution in [0.4, 0.5) is 0 Å². The van der Waals surface area contributed by atoms with Crippen molar-refractivity contribution in [3.8, 4) is 5.75 Å². The maximum Gasteiger partial charge on any atom is 0.241 e. The van der Waals surface area contributed by atoms with Crippen molar-refractivity contribution in [2.45, 2.75) is 31.7 Å². The van der Waals surface area contributed by atoms with Gasteiger partial charge in [-0.3, -0.25) is 4.98 Å². The van der Waals surface area contributed by atoms with Crippen molar-refractivity contribution in [1.29, 1.82) is 0 Å². The van der Waals surface area contributed by atoms with E-state index in [9.17, 15) is 8.42 Å². The summed E-state index contributed by atoms with van der Waals surface area (Å²) in [7, 11) is -3.56. The number of hydrogen-bond acceptors (Lipinski definition) is 4. The zero-order chi connectivity index (χ0) is 14.8. The van der Waals surface area contributed by atoms with Gasteiger partial charge in [-0.2, -0.15) is 0 Å². The molecule has 0 unspecified atom stereocenters. The molecular weight excluding hydrogens is 276 g/mol. The molecule has 1 aromatic heterocycles. The van der Waals surface area contributed by atoms with Crippen molar-refractivity contribution in [2.75, 3.05) is 6.61 Å². The number of benzene rings is 1. The lowest BCUT2D eigenvalue weighted by atomic mass is 10.2. The topological polar surface area (TPSA) is 68.3 Å². The summed E-state index contributed by atoms with van der Waals surface area (Å²) in [4.78, 5) is 4.46. The molecule has 0 spiro atoms. The highest BCUT2D eigenvalue weighted by atomic mass is 32.2. The van der Waals surface area contributed by atoms with Crippen molar-refractivity contribution in [2.24, 2.45) is 0 Å². The summed E-state index contributed by atoms with van der Waals surface area (Å²) in [5, 5.41) is 0.562. The second kappa shape index (κ2) is 5.76. The molecule has 0 bridgehead atoms. The fraction of sp³-hybridized carbons (Fsp3) is 0.357. The summed E-state index contributed by atoms with van der Waals surface area (Å²) >= 11 is 0. The molecule has 1 N–H and O–H groups in total. The Morgan fingerprint density at radius 2 is 2.05 bits per heavy atom. The Morgan fingerprint density at radius 1 is 1.30 bits per heavy atom. The zero-order valence-electron chi connectivity index (χ0n) is 11.8. The third-order valence-corrected chi connectivity index (χ3v) is 4.39. The highest BCUT2D eigenvalue weighted by Crippen LogP contribution is 2.29. The Hall–Kier alpha value is -1.66. The lowest BCUT2D eigenvalue weighted by Gasteiger charge is -2.13. The van der Waals surface area contributed by atoms with Crippen molar-refractivity contribution >= 4 is 20.9 Å². The monoisotopic (exact) mass is 294 g/mol. The molecule has 0 saturated heterocycles. The van der Waals surface area contributed by atoms with Crippen molar-refractivity contribution in [1.82, 2.24) is 9.71 Å². The van der Waals surface area contributed by atoms with E-state index in [0.717, 1.165) is 0 Å². The van der Waals surface area contributed by atoms with E-state index >= 15 is 0 Å². The number of sulfonamides is 1. The van der Waals surface area contributed by atoms with Gasteiger partial charge in [0.05, 0.1) is 11.5 Å². The molecule has 5 nitrogen and oxygen atoms in total. The van der Waals surface area contributed by atoms with Gasteiger partial charge in [-0.15, -0.1) is 0 Å². The minimum Gasteiger partial charge on any atom is -0.492 e. The molecule has 1 aromatic carbocycles. The summed E-state index contributed by atoms with van der Waals surface area (Å²) in [5.74, 6) is 0.589. The van der Waals surface area contributed by atoms with Crippen LogP contribution in [0.5, 0.6) is 5.75 Å². The Balaban J connectivity index is 2.65. The Kier molecular flexibility index (Phi) is 4.25. The second-order valence-corrected chi connectivity index (χ2v) is 6.35. The number of nitrogens with zero attached hydrogens (tertiary/aromatic N) is 1. The van der Waals surface area contributed by atoms with Crippen LogP contribution in [0.2, 0.25) is 0 Å². The van der Waals surface area contributed by atoms with Gasteiger partial charge in [0.25, 0.3) is 0 Å². The number of hydrogen-bond donors (Lipinski definition) is 1. The van der Waals surface area contributed by atoms with Crippen LogP contribution in [-0.2, 0) is 10.0 Å². The van der Waals surface area contributed by atoms with Crippen molar-refractivity contribution in [3.63, 3.8) is 0 Å². The molecule has 20 heavy (non-hydrogen) atoms. The first-order valence-corrected chi connectivity index (χ1v) is 7.97. The Bertz CT molecular complexity index is 711. The number of nitrogens with one attached hydrogen (secondary N) is 1. The average Bonchev–Trinajstić information content (AvgIpc) is 2.37. The highest BCUT2D eigenvalue weighted by Gasteiger charge is 2.20. The standard InChI is InChI=1S/C14H18N2O3S/c1-4-19-12-7-8-13(20(17,18)16-10(2)3)11-6-5-9-15-14(11)12/h5-10,16H,4H2,1-3H3. The van der Waals surface area contributed by atoms with Gasteiger partial charge in [0.2, 0.25) is 10.0 Å². The summed E-state index contributed by atoms with van der Waals surface area (Å²) in [6.07, 6.45) is 1.62. The molecule has 0 aliphatic rings. The van der Waals surface area contributed by atoms with E-state index in [1.165, 1.54) is 0 Å². The maximum atomic E-state index is 12.3. The molecule has 0 aliphatic carbocycles. The van der Waals surface area contributed by atoms with Crippen LogP contribution in [0.25, 0.3) is 10.9 Å². The smallest absolute Gasteiger partial charge is 0.241 e. The van der Waals surface area contributed by atoms with E-state index in [-0.39, 0.29) is 10.9 Å². The number of rotatable bonds is 5. The number of aromatic nitrogens is 1. The van der Waals surface area contributed by atoms with Gasteiger partial charge in [-0.05, 0) is 45.0 Å². The minimum absolute atomic E-state index is 0.168. The third kappa shape index (κ3) is 2.91. The molecule has 108 valence electrons. The van der Waals surface area contributed by atoms with E-state index in [1.807, 2.05) is 6.92 Å². The van der Waals surface area contributed by atoms with Crippen LogP contribution in [0.1, 0.15) is 20.8 Å². The predicted octanol–water partition coefficient (Wildman–Crippen LogP) is 2.32. The number of ether oxygens (including phenoxy) is 1. The van der Waals surface area contributed by atoms with Crippen LogP contribution in [-0.4, -0.2) is 26.1 Å². The molecule has 0 radical (unpaired) electrons. The van der Waals surface area contributed by atoms with Crippen LogP contribution >= 0.6 is 0 Å². The summed E-state index contributed by atoms with van der Waals surface area (Å²) < 4.78 is 32.8. The first kappa shape index (κ1) is 14.7. The minimum atomic E-state index is -3.56. The molecule has 0 amide bonds. The molecule has 2 aromatic rings. The van der Waals surface area contributed by atoms with Crippen LogP contribution in [0.15, 0.2) is 35.4 Å². The van der Waals surface area contributed by atoms with Gasteiger partial charge >= 0.3 is 0 Å². The molecule has 0 fully saturated rings. The Labute approximate surface area is 119 Å². The second-order valence-electron chi connectivity index (χ2n) is 4.67. The van der Waals surface area contributed by atoms with Crippen LogP contribution < -0.4 is 9.46 Å². The number of fused-ring (bicyclic) bond motifs is 1. The molecule has 0 atom stereocenters. The van der Waals surface area contributed by atoms with Gasteiger partial charge in [-0.25, -0.2) is 13.1 Å². The lowest BCUT2D eigenvalue weighted by molar-refractivity contribution is 0.343. The quantitative estimate of drug-likeness (QED) is 0.919. The van der Waals surface area contributed by atoms with Gasteiger partial charge in [0.1, 0.15) is 11.3 Å². The first-order valence-electron chi connectivity index (χ1n) is 6.48. The Morgan fingerprint density at radius 3 is 2.70 bits per heavy atom. The number of pyridine rings is 1. The van der Waals surface area contributed by atoms with Crippen LogP contribution in [0.3, 0.4) is 0 Å². The van der Waals surface area contributed by atoms with Gasteiger partial charge in [-0.1, -0.05) is 0 Å². The molecule has 2 rings (SSSR count). The van der Waals surface area contributed by atoms with E-state index in [4.69, 9.17) is 4.74 Å². The first-order chi connectivity index (χ1) is 9.45. The van der Waals surface area contributed by atoms with Gasteiger partial charge < -0.3 is 4.74 Å². The average molecular weight is 294 g/mol. The van der Waals surface area contributed by atoms with Gasteiger partial charge in [0.15, 0.2) is 0 Å². The molecule has 6 heteroatoms. The SMILES string of the molecule is CCOc1ccc(S(=O)(=O)NC(C)C)c2cccnc12.